The van der Waals surface area contributed by atoms with Crippen molar-refractivity contribution in [1.82, 2.24) is 4.90 Å². The molecule has 0 radical (unpaired) electrons. The van der Waals surface area contributed by atoms with E-state index in [2.05, 4.69) is 6.07 Å². The van der Waals surface area contributed by atoms with E-state index in [0.29, 0.717) is 42.3 Å². The molecule has 1 aliphatic heterocycles. The third kappa shape index (κ3) is 4.92. The largest absolute Gasteiger partial charge is 0.460 e. The van der Waals surface area contributed by atoms with Crippen LogP contribution in [0.25, 0.3) is 11.0 Å². The van der Waals surface area contributed by atoms with Crippen LogP contribution in [0.3, 0.4) is 0 Å². The summed E-state index contributed by atoms with van der Waals surface area (Å²) in [7, 11) is 0. The number of benzene rings is 1. The van der Waals surface area contributed by atoms with Crippen molar-refractivity contribution in [3.05, 3.63) is 35.6 Å². The van der Waals surface area contributed by atoms with Crippen LogP contribution in [-0.2, 0) is 9.53 Å². The molecule has 0 unspecified atom stereocenters. The van der Waals surface area contributed by atoms with Crippen LogP contribution in [0.4, 0.5) is 0 Å². The average molecular weight is 382 g/mol. The number of hydrogen-bond donors (Lipinski definition) is 0. The minimum Gasteiger partial charge on any atom is -0.460 e. The molecule has 0 saturated carbocycles. The van der Waals surface area contributed by atoms with Crippen molar-refractivity contribution in [3.8, 4) is 6.07 Å². The lowest BCUT2D eigenvalue weighted by Gasteiger charge is -2.31. The van der Waals surface area contributed by atoms with E-state index in [0.717, 1.165) is 24.6 Å². The van der Waals surface area contributed by atoms with E-state index in [4.69, 9.17) is 14.4 Å². The maximum Gasteiger partial charge on any atom is 0.306 e. The van der Waals surface area contributed by atoms with Gasteiger partial charge in [0, 0.05) is 24.9 Å². The number of rotatable bonds is 4. The zero-order valence-corrected chi connectivity index (χ0v) is 16.7. The van der Waals surface area contributed by atoms with Crippen LogP contribution in [0.2, 0.25) is 0 Å². The molecular weight excluding hydrogens is 356 g/mol. The first-order valence-electron chi connectivity index (χ1n) is 9.70. The third-order valence-corrected chi connectivity index (χ3v) is 4.93. The van der Waals surface area contributed by atoms with Gasteiger partial charge in [0.15, 0.2) is 5.76 Å². The standard InChI is InChI=1S/C22H26N2O4/c1-22(2,3)28-20(25)7-5-15-8-10-24(11-9-15)21(26)19-13-17-12-16(14-23)4-6-18(17)27-19/h4,6,12-13,15H,5,7-11H2,1-3H3. The molecule has 3 rings (SSSR count). The second kappa shape index (κ2) is 8.05. The Bertz CT molecular complexity index is 909. The number of fused-ring (bicyclic) bond motifs is 1. The lowest BCUT2D eigenvalue weighted by atomic mass is 9.92. The fourth-order valence-electron chi connectivity index (χ4n) is 3.51. The van der Waals surface area contributed by atoms with Crippen LogP contribution in [-0.4, -0.2) is 35.5 Å². The molecule has 0 aliphatic carbocycles. The van der Waals surface area contributed by atoms with Crippen LogP contribution in [0.15, 0.2) is 28.7 Å². The first kappa shape index (κ1) is 19.9. The highest BCUT2D eigenvalue weighted by Crippen LogP contribution is 2.26. The van der Waals surface area contributed by atoms with E-state index < -0.39 is 5.60 Å². The Morgan fingerprint density at radius 2 is 1.96 bits per heavy atom. The summed E-state index contributed by atoms with van der Waals surface area (Å²) in [6.45, 7) is 6.91. The van der Waals surface area contributed by atoms with Gasteiger partial charge < -0.3 is 14.1 Å². The zero-order chi connectivity index (χ0) is 20.3. The number of esters is 1. The van der Waals surface area contributed by atoms with Crippen molar-refractivity contribution < 1.29 is 18.7 Å². The monoisotopic (exact) mass is 382 g/mol. The molecule has 0 spiro atoms. The molecular formula is C22H26N2O4. The van der Waals surface area contributed by atoms with Gasteiger partial charge in [-0.05, 0) is 70.2 Å². The Balaban J connectivity index is 1.53. The Hall–Kier alpha value is -2.81. The van der Waals surface area contributed by atoms with Crippen molar-refractivity contribution in [2.75, 3.05) is 13.1 Å². The molecule has 1 aliphatic rings. The maximum atomic E-state index is 12.7. The zero-order valence-electron chi connectivity index (χ0n) is 16.7. The molecule has 28 heavy (non-hydrogen) atoms. The van der Waals surface area contributed by atoms with Crippen LogP contribution >= 0.6 is 0 Å². The smallest absolute Gasteiger partial charge is 0.306 e. The van der Waals surface area contributed by atoms with Crippen molar-refractivity contribution in [1.29, 1.82) is 5.26 Å². The Morgan fingerprint density at radius 3 is 2.61 bits per heavy atom. The molecule has 0 bridgehead atoms. The Kier molecular flexibility index (Phi) is 5.73. The third-order valence-electron chi connectivity index (χ3n) is 4.93. The molecule has 2 heterocycles. The molecule has 1 aromatic carbocycles. The number of carbonyl (C=O) groups excluding carboxylic acids is 2. The van der Waals surface area contributed by atoms with Crippen LogP contribution in [0, 0.1) is 17.2 Å². The van der Waals surface area contributed by atoms with Crippen molar-refractivity contribution in [3.63, 3.8) is 0 Å². The molecule has 1 aromatic heterocycles. The number of likely N-dealkylation sites (tertiary alicyclic amines) is 1. The minimum atomic E-state index is -0.451. The molecule has 0 atom stereocenters. The van der Waals surface area contributed by atoms with E-state index >= 15 is 0 Å². The SMILES string of the molecule is CC(C)(C)OC(=O)CCC1CCN(C(=O)c2cc3cc(C#N)ccc3o2)CC1. The fraction of sp³-hybridized carbons (Fsp3) is 0.500. The molecule has 6 nitrogen and oxygen atoms in total. The maximum absolute atomic E-state index is 12.7. The van der Waals surface area contributed by atoms with Crippen LogP contribution in [0.1, 0.15) is 62.6 Å². The molecule has 1 amide bonds. The van der Waals surface area contributed by atoms with Gasteiger partial charge in [-0.15, -0.1) is 0 Å². The highest BCUT2D eigenvalue weighted by atomic mass is 16.6. The number of ether oxygens (including phenoxy) is 1. The topological polar surface area (TPSA) is 83.5 Å². The van der Waals surface area contributed by atoms with Crippen molar-refractivity contribution in [2.45, 2.75) is 52.1 Å². The Morgan fingerprint density at radius 1 is 1.25 bits per heavy atom. The number of nitrogens with zero attached hydrogens (tertiary/aromatic N) is 2. The molecule has 2 aromatic rings. The highest BCUT2D eigenvalue weighted by Gasteiger charge is 2.26. The van der Waals surface area contributed by atoms with E-state index in [1.807, 2.05) is 20.8 Å². The number of furan rings is 1. The second-order valence-electron chi connectivity index (χ2n) is 8.34. The van der Waals surface area contributed by atoms with E-state index in [1.165, 1.54) is 0 Å². The van der Waals surface area contributed by atoms with Gasteiger partial charge in [-0.2, -0.15) is 5.26 Å². The molecule has 148 valence electrons. The Labute approximate surface area is 165 Å². The molecule has 1 fully saturated rings. The fourth-order valence-corrected chi connectivity index (χ4v) is 3.51. The van der Waals surface area contributed by atoms with E-state index in [1.54, 1.807) is 29.2 Å². The van der Waals surface area contributed by atoms with Gasteiger partial charge >= 0.3 is 5.97 Å². The number of carbonyl (C=O) groups is 2. The normalized spacial score (nSPS) is 15.4. The predicted octanol–water partition coefficient (Wildman–Crippen LogP) is 4.28. The summed E-state index contributed by atoms with van der Waals surface area (Å²) >= 11 is 0. The summed E-state index contributed by atoms with van der Waals surface area (Å²) in [5.41, 5.74) is 0.695. The van der Waals surface area contributed by atoms with Gasteiger partial charge in [0.2, 0.25) is 0 Å². The van der Waals surface area contributed by atoms with Gasteiger partial charge in [0.05, 0.1) is 11.6 Å². The van der Waals surface area contributed by atoms with Crippen molar-refractivity contribution in [2.24, 2.45) is 5.92 Å². The first-order chi connectivity index (χ1) is 13.2. The van der Waals surface area contributed by atoms with Crippen molar-refractivity contribution >= 4 is 22.8 Å². The average Bonchev–Trinajstić information content (AvgIpc) is 3.08. The number of nitriles is 1. The van der Waals surface area contributed by atoms with Gasteiger partial charge in [0.1, 0.15) is 11.2 Å². The molecule has 1 saturated heterocycles. The van der Waals surface area contributed by atoms with Gasteiger partial charge in [0.25, 0.3) is 5.91 Å². The quantitative estimate of drug-likeness (QED) is 0.737. The molecule has 0 N–H and O–H groups in total. The summed E-state index contributed by atoms with van der Waals surface area (Å²) in [6, 6.07) is 8.90. The second-order valence-corrected chi connectivity index (χ2v) is 8.34. The van der Waals surface area contributed by atoms with E-state index in [9.17, 15) is 9.59 Å². The molecule has 6 heteroatoms. The summed E-state index contributed by atoms with van der Waals surface area (Å²) in [4.78, 5) is 26.4. The van der Waals surface area contributed by atoms with Crippen LogP contribution in [0.5, 0.6) is 0 Å². The number of amides is 1. The predicted molar refractivity (Wildman–Crippen MR) is 105 cm³/mol. The summed E-state index contributed by atoms with van der Waals surface area (Å²) in [5.74, 6) is 0.438. The number of piperidine rings is 1. The lowest BCUT2D eigenvalue weighted by molar-refractivity contribution is -0.155. The first-order valence-corrected chi connectivity index (χ1v) is 9.70. The summed E-state index contributed by atoms with van der Waals surface area (Å²) in [6.07, 6.45) is 2.94. The van der Waals surface area contributed by atoms with Gasteiger partial charge in [-0.3, -0.25) is 9.59 Å². The summed E-state index contributed by atoms with van der Waals surface area (Å²) in [5, 5.41) is 9.75. The van der Waals surface area contributed by atoms with Gasteiger partial charge in [-0.1, -0.05) is 0 Å². The lowest BCUT2D eigenvalue weighted by Crippen LogP contribution is -2.38. The van der Waals surface area contributed by atoms with Gasteiger partial charge in [-0.25, -0.2) is 0 Å². The number of hydrogen-bond acceptors (Lipinski definition) is 5. The van der Waals surface area contributed by atoms with E-state index in [-0.39, 0.29) is 11.9 Å². The highest BCUT2D eigenvalue weighted by molar-refractivity contribution is 5.96. The minimum absolute atomic E-state index is 0.125. The summed E-state index contributed by atoms with van der Waals surface area (Å²) < 4.78 is 11.0. The van der Waals surface area contributed by atoms with Crippen LogP contribution < -0.4 is 0 Å².